The fourth-order valence-electron chi connectivity index (χ4n) is 2.63. The molecule has 0 aromatic carbocycles. The van der Waals surface area contributed by atoms with Crippen molar-refractivity contribution in [3.63, 3.8) is 0 Å². The van der Waals surface area contributed by atoms with Crippen LogP contribution < -0.4 is 15.8 Å². The van der Waals surface area contributed by atoms with Gasteiger partial charge in [-0.05, 0) is 37.1 Å². The smallest absolute Gasteiger partial charge is 0.239 e. The normalized spacial score (nSPS) is 17.1. The summed E-state index contributed by atoms with van der Waals surface area (Å²) in [5.74, 6) is 1.85. The van der Waals surface area contributed by atoms with Crippen LogP contribution in [0.4, 0.5) is 11.5 Å². The van der Waals surface area contributed by atoms with E-state index >= 15 is 0 Å². The molecule has 2 rings (SSSR count). The van der Waals surface area contributed by atoms with Crippen molar-refractivity contribution >= 4 is 23.3 Å². The third-order valence-electron chi connectivity index (χ3n) is 3.98. The van der Waals surface area contributed by atoms with Gasteiger partial charge in [-0.2, -0.15) is 16.7 Å². The second-order valence-corrected chi connectivity index (χ2v) is 7.52. The van der Waals surface area contributed by atoms with Gasteiger partial charge in [-0.3, -0.25) is 0 Å². The van der Waals surface area contributed by atoms with E-state index in [-0.39, 0.29) is 0 Å². The van der Waals surface area contributed by atoms with Gasteiger partial charge in [0, 0.05) is 11.3 Å². The summed E-state index contributed by atoms with van der Waals surface area (Å²) in [6.07, 6.45) is 7.45. The summed E-state index contributed by atoms with van der Waals surface area (Å²) < 4.78 is 6.04. The highest BCUT2D eigenvalue weighted by molar-refractivity contribution is 8.00. The number of nitrogens with two attached hydrogens (primary N) is 1. The Kier molecular flexibility index (Phi) is 5.62. The molecule has 0 unspecified atom stereocenters. The number of rotatable bonds is 7. The Bertz CT molecular complexity index is 459. The van der Waals surface area contributed by atoms with Gasteiger partial charge in [0.2, 0.25) is 5.88 Å². The molecule has 1 aliphatic carbocycles. The standard InChI is InChI=1S/C16H27N3OS/c1-12(2)10-20-15-13(17)6-7-14(19-15)18-11-16(21-3)8-4-5-9-16/h6-7,12H,4-5,8-11,17H2,1-3H3,(H,18,19). The van der Waals surface area contributed by atoms with Crippen molar-refractivity contribution in [3.05, 3.63) is 12.1 Å². The Hall–Kier alpha value is -1.10. The van der Waals surface area contributed by atoms with E-state index in [1.165, 1.54) is 25.7 Å². The van der Waals surface area contributed by atoms with E-state index in [2.05, 4.69) is 30.4 Å². The fourth-order valence-corrected chi connectivity index (χ4v) is 3.55. The van der Waals surface area contributed by atoms with E-state index in [1.54, 1.807) is 0 Å². The molecular formula is C16H27N3OS. The molecule has 0 saturated heterocycles. The average molecular weight is 309 g/mol. The van der Waals surface area contributed by atoms with E-state index in [0.717, 1.165) is 12.4 Å². The summed E-state index contributed by atoms with van der Waals surface area (Å²) in [7, 11) is 0. The molecule has 0 bridgehead atoms. The summed E-state index contributed by atoms with van der Waals surface area (Å²) in [5, 5.41) is 3.47. The molecule has 0 amide bonds. The zero-order valence-electron chi connectivity index (χ0n) is 13.3. The van der Waals surface area contributed by atoms with Crippen LogP contribution in [0.1, 0.15) is 39.5 Å². The van der Waals surface area contributed by atoms with Gasteiger partial charge in [0.1, 0.15) is 5.82 Å². The van der Waals surface area contributed by atoms with Crippen LogP contribution >= 0.6 is 11.8 Å². The maximum absolute atomic E-state index is 5.93. The molecular weight excluding hydrogens is 282 g/mol. The zero-order chi connectivity index (χ0) is 15.3. The summed E-state index contributed by atoms with van der Waals surface area (Å²) >= 11 is 1.97. The first-order valence-electron chi connectivity index (χ1n) is 7.73. The summed E-state index contributed by atoms with van der Waals surface area (Å²) in [4.78, 5) is 4.50. The maximum Gasteiger partial charge on any atom is 0.239 e. The molecule has 0 radical (unpaired) electrons. The number of nitrogens with one attached hydrogen (secondary N) is 1. The van der Waals surface area contributed by atoms with Gasteiger partial charge in [0.25, 0.3) is 0 Å². The van der Waals surface area contributed by atoms with Crippen molar-refractivity contribution in [1.29, 1.82) is 0 Å². The molecule has 0 atom stereocenters. The number of nitrogens with zero attached hydrogens (tertiary/aromatic N) is 1. The van der Waals surface area contributed by atoms with E-state index in [9.17, 15) is 0 Å². The molecule has 0 spiro atoms. The van der Waals surface area contributed by atoms with Crippen LogP contribution in [0.5, 0.6) is 5.88 Å². The molecule has 1 aromatic rings. The SMILES string of the molecule is CSC1(CNc2ccc(N)c(OCC(C)C)n2)CCCC1. The van der Waals surface area contributed by atoms with Crippen LogP contribution in [0.2, 0.25) is 0 Å². The van der Waals surface area contributed by atoms with Gasteiger partial charge in [-0.25, -0.2) is 0 Å². The number of aromatic nitrogens is 1. The first-order chi connectivity index (χ1) is 10.0. The van der Waals surface area contributed by atoms with Crippen molar-refractivity contribution in [2.75, 3.05) is 30.5 Å². The highest BCUT2D eigenvalue weighted by Crippen LogP contribution is 2.40. The van der Waals surface area contributed by atoms with Crippen molar-refractivity contribution in [3.8, 4) is 5.88 Å². The van der Waals surface area contributed by atoms with Crippen molar-refractivity contribution < 1.29 is 4.74 Å². The third-order valence-corrected chi connectivity index (χ3v) is 5.40. The Morgan fingerprint density at radius 1 is 1.38 bits per heavy atom. The third kappa shape index (κ3) is 4.43. The highest BCUT2D eigenvalue weighted by atomic mass is 32.2. The number of ether oxygens (including phenoxy) is 1. The maximum atomic E-state index is 5.93. The molecule has 118 valence electrons. The van der Waals surface area contributed by atoms with Crippen LogP contribution in [0.3, 0.4) is 0 Å². The molecule has 5 heteroatoms. The lowest BCUT2D eigenvalue weighted by atomic mass is 10.1. The molecule has 0 aliphatic heterocycles. The van der Waals surface area contributed by atoms with Crippen molar-refractivity contribution in [2.24, 2.45) is 5.92 Å². The lowest BCUT2D eigenvalue weighted by Crippen LogP contribution is -2.30. The number of hydrogen-bond acceptors (Lipinski definition) is 5. The summed E-state index contributed by atoms with van der Waals surface area (Å²) in [6.45, 7) is 5.81. The summed E-state index contributed by atoms with van der Waals surface area (Å²) in [5.41, 5.74) is 6.53. The molecule has 1 aromatic heterocycles. The van der Waals surface area contributed by atoms with E-state index in [1.807, 2.05) is 23.9 Å². The molecule has 1 heterocycles. The van der Waals surface area contributed by atoms with E-state index in [0.29, 0.717) is 28.8 Å². The van der Waals surface area contributed by atoms with Crippen LogP contribution in [0.15, 0.2) is 12.1 Å². The molecule has 21 heavy (non-hydrogen) atoms. The quantitative estimate of drug-likeness (QED) is 0.802. The Labute approximate surface area is 132 Å². The van der Waals surface area contributed by atoms with Gasteiger partial charge < -0.3 is 15.8 Å². The Morgan fingerprint density at radius 2 is 2.10 bits per heavy atom. The first-order valence-corrected chi connectivity index (χ1v) is 8.95. The first kappa shape index (κ1) is 16.3. The van der Waals surface area contributed by atoms with Crippen molar-refractivity contribution in [2.45, 2.75) is 44.3 Å². The summed E-state index contributed by atoms with van der Waals surface area (Å²) in [6, 6.07) is 3.80. The predicted molar refractivity (Wildman–Crippen MR) is 92.2 cm³/mol. The van der Waals surface area contributed by atoms with Crippen LogP contribution in [-0.4, -0.2) is 29.1 Å². The largest absolute Gasteiger partial charge is 0.476 e. The minimum Gasteiger partial charge on any atom is -0.476 e. The number of nitrogen functional groups attached to an aromatic ring is 1. The highest BCUT2D eigenvalue weighted by Gasteiger charge is 2.32. The second-order valence-electron chi connectivity index (χ2n) is 6.24. The number of hydrogen-bond donors (Lipinski definition) is 2. The van der Waals surface area contributed by atoms with Gasteiger partial charge in [-0.1, -0.05) is 26.7 Å². The lowest BCUT2D eigenvalue weighted by molar-refractivity contribution is 0.263. The number of thioether (sulfide) groups is 1. The van der Waals surface area contributed by atoms with Gasteiger partial charge in [0.05, 0.1) is 12.3 Å². The molecule has 1 fully saturated rings. The van der Waals surface area contributed by atoms with Gasteiger partial charge in [-0.15, -0.1) is 0 Å². The molecule has 1 saturated carbocycles. The average Bonchev–Trinajstić information content (AvgIpc) is 2.94. The Balaban J connectivity index is 1.98. The van der Waals surface area contributed by atoms with E-state index in [4.69, 9.17) is 10.5 Å². The van der Waals surface area contributed by atoms with E-state index < -0.39 is 0 Å². The fraction of sp³-hybridized carbons (Fsp3) is 0.688. The minimum atomic E-state index is 0.363. The van der Waals surface area contributed by atoms with Gasteiger partial charge >= 0.3 is 0 Å². The number of pyridine rings is 1. The van der Waals surface area contributed by atoms with Crippen LogP contribution in [-0.2, 0) is 0 Å². The predicted octanol–water partition coefficient (Wildman–Crippen LogP) is 3.79. The topological polar surface area (TPSA) is 60.2 Å². The molecule has 3 N–H and O–H groups in total. The number of anilines is 2. The van der Waals surface area contributed by atoms with Crippen LogP contribution in [0, 0.1) is 5.92 Å². The Morgan fingerprint density at radius 3 is 2.71 bits per heavy atom. The van der Waals surface area contributed by atoms with Crippen LogP contribution in [0.25, 0.3) is 0 Å². The minimum absolute atomic E-state index is 0.363. The zero-order valence-corrected chi connectivity index (χ0v) is 14.1. The van der Waals surface area contributed by atoms with Crippen molar-refractivity contribution in [1.82, 2.24) is 4.98 Å². The second kappa shape index (κ2) is 7.25. The molecule has 4 nitrogen and oxygen atoms in total. The lowest BCUT2D eigenvalue weighted by Gasteiger charge is -2.27. The molecule has 1 aliphatic rings. The monoisotopic (exact) mass is 309 g/mol. The van der Waals surface area contributed by atoms with Gasteiger partial charge in [0.15, 0.2) is 0 Å².